The molecule has 5 heteroatoms. The molecule has 0 saturated heterocycles. The molecule has 120 valence electrons. The molecular weight excluding hydrogens is 294 g/mol. The maximum absolute atomic E-state index is 12.0. The Morgan fingerprint density at radius 1 is 1.39 bits per heavy atom. The first-order valence-corrected chi connectivity index (χ1v) is 7.24. The van der Waals surface area contributed by atoms with Gasteiger partial charge >= 0.3 is 5.97 Å². The van der Waals surface area contributed by atoms with Crippen molar-refractivity contribution in [1.82, 2.24) is 0 Å². The summed E-state index contributed by atoms with van der Waals surface area (Å²) >= 11 is 0. The Labute approximate surface area is 135 Å². The maximum atomic E-state index is 12.0. The number of esters is 1. The lowest BCUT2D eigenvalue weighted by molar-refractivity contribution is -0.133. The number of carbonyl (C=O) groups excluding carboxylic acids is 1. The van der Waals surface area contributed by atoms with Gasteiger partial charge in [-0.1, -0.05) is 29.3 Å². The number of nitrogens with zero attached hydrogens (tertiary/aromatic N) is 1. The van der Waals surface area contributed by atoms with Crippen LogP contribution in [0.2, 0.25) is 0 Å². The van der Waals surface area contributed by atoms with Gasteiger partial charge in [-0.15, -0.1) is 6.42 Å². The number of terminal acetylenes is 1. The second-order valence-corrected chi connectivity index (χ2v) is 5.01. The molecule has 0 radical (unpaired) electrons. The summed E-state index contributed by atoms with van der Waals surface area (Å²) in [4.78, 5) is 17.1. The van der Waals surface area contributed by atoms with E-state index in [2.05, 4.69) is 17.1 Å². The van der Waals surface area contributed by atoms with E-state index in [4.69, 9.17) is 20.7 Å². The molecule has 0 spiro atoms. The highest BCUT2D eigenvalue weighted by Crippen LogP contribution is 2.29. The van der Waals surface area contributed by atoms with Crippen molar-refractivity contribution in [3.8, 4) is 12.3 Å². The van der Waals surface area contributed by atoms with E-state index in [-0.39, 0.29) is 6.61 Å². The molecule has 0 saturated carbocycles. The smallest absolute Gasteiger partial charge is 0.341 e. The van der Waals surface area contributed by atoms with Gasteiger partial charge in [-0.2, -0.15) is 0 Å². The van der Waals surface area contributed by atoms with Crippen LogP contribution < -0.4 is 0 Å². The number of oxime groups is 1. The number of benzene rings is 1. The van der Waals surface area contributed by atoms with Crippen LogP contribution in [-0.4, -0.2) is 32.5 Å². The topological polar surface area (TPSA) is 57.1 Å². The molecule has 0 aromatic heterocycles. The third-order valence-corrected chi connectivity index (χ3v) is 3.61. The van der Waals surface area contributed by atoms with Gasteiger partial charge in [-0.3, -0.25) is 0 Å². The molecule has 5 nitrogen and oxygen atoms in total. The van der Waals surface area contributed by atoms with E-state index in [0.717, 1.165) is 29.7 Å². The molecule has 1 aliphatic rings. The average Bonchev–Trinajstić information content (AvgIpc) is 2.59. The molecule has 0 fully saturated rings. The highest BCUT2D eigenvalue weighted by atomic mass is 16.6. The predicted molar refractivity (Wildman–Crippen MR) is 87.7 cm³/mol. The molecule has 1 aliphatic carbocycles. The first kappa shape index (κ1) is 16.6. The number of fused-ring (bicyclic) bond motifs is 1. The zero-order valence-corrected chi connectivity index (χ0v) is 13.3. The van der Waals surface area contributed by atoms with Crippen LogP contribution in [0.25, 0.3) is 5.57 Å². The minimum Gasteiger partial charge on any atom is -0.503 e. The van der Waals surface area contributed by atoms with E-state index >= 15 is 0 Å². The zero-order chi connectivity index (χ0) is 16.7. The molecule has 0 unspecified atom stereocenters. The van der Waals surface area contributed by atoms with Crippen molar-refractivity contribution >= 4 is 17.3 Å². The molecule has 1 aromatic rings. The SMILES string of the molecule is C#CCO/N=C1\CCc2cccc(/C(=C\OC)C(=O)OC)c2C1. The molecule has 0 atom stereocenters. The molecule has 0 amide bonds. The quantitative estimate of drug-likeness (QED) is 0.209. The van der Waals surface area contributed by atoms with Gasteiger partial charge in [0.25, 0.3) is 0 Å². The van der Waals surface area contributed by atoms with E-state index in [1.54, 1.807) is 0 Å². The summed E-state index contributed by atoms with van der Waals surface area (Å²) in [6.07, 6.45) is 8.80. The molecular formula is C18H19NO4. The first-order chi connectivity index (χ1) is 11.2. The lowest BCUT2D eigenvalue weighted by Crippen LogP contribution is -2.17. The predicted octanol–water partition coefficient (Wildman–Crippen LogP) is 2.34. The Hall–Kier alpha value is -2.74. The number of methoxy groups -OCH3 is 2. The number of rotatable bonds is 5. The zero-order valence-electron chi connectivity index (χ0n) is 13.3. The van der Waals surface area contributed by atoms with Crippen molar-refractivity contribution in [3.63, 3.8) is 0 Å². The largest absolute Gasteiger partial charge is 0.503 e. The van der Waals surface area contributed by atoms with E-state index in [0.29, 0.717) is 12.0 Å². The molecule has 2 rings (SSSR count). The summed E-state index contributed by atoms with van der Waals surface area (Å²) in [7, 11) is 2.85. The van der Waals surface area contributed by atoms with Crippen molar-refractivity contribution in [2.24, 2.45) is 5.16 Å². The summed E-state index contributed by atoms with van der Waals surface area (Å²) in [6.45, 7) is 0.148. The van der Waals surface area contributed by atoms with E-state index in [1.807, 2.05) is 12.1 Å². The number of hydrogen-bond donors (Lipinski definition) is 0. The molecule has 1 aromatic carbocycles. The van der Waals surface area contributed by atoms with Gasteiger partial charge < -0.3 is 14.3 Å². The van der Waals surface area contributed by atoms with E-state index in [9.17, 15) is 4.79 Å². The summed E-state index contributed by atoms with van der Waals surface area (Å²) in [5, 5.41) is 4.09. The molecule has 23 heavy (non-hydrogen) atoms. The van der Waals surface area contributed by atoms with Crippen LogP contribution in [0.4, 0.5) is 0 Å². The third-order valence-electron chi connectivity index (χ3n) is 3.61. The van der Waals surface area contributed by atoms with Crippen LogP contribution >= 0.6 is 0 Å². The maximum Gasteiger partial charge on any atom is 0.341 e. The van der Waals surface area contributed by atoms with Crippen LogP contribution in [0.1, 0.15) is 23.1 Å². The minimum atomic E-state index is -0.437. The summed E-state index contributed by atoms with van der Waals surface area (Å²) in [5.74, 6) is 1.94. The fourth-order valence-electron chi connectivity index (χ4n) is 2.59. The lowest BCUT2D eigenvalue weighted by Gasteiger charge is -2.21. The Bertz CT molecular complexity index is 683. The molecule has 0 N–H and O–H groups in total. The van der Waals surface area contributed by atoms with Crippen LogP contribution in [0, 0.1) is 12.3 Å². The standard InChI is InChI=1S/C18H19NO4/c1-4-10-23-19-14-9-8-13-6-5-7-15(16(13)11-14)17(12-21-2)18(20)22-3/h1,5-7,12H,8-11H2,2-3H3/b17-12+,19-14+. The van der Waals surface area contributed by atoms with Crippen LogP contribution in [-0.2, 0) is 31.9 Å². The van der Waals surface area contributed by atoms with Crippen molar-refractivity contribution < 1.29 is 19.1 Å². The van der Waals surface area contributed by atoms with Gasteiger partial charge in [0, 0.05) is 6.42 Å². The first-order valence-electron chi connectivity index (χ1n) is 7.24. The second-order valence-electron chi connectivity index (χ2n) is 5.01. The normalized spacial score (nSPS) is 15.5. The highest BCUT2D eigenvalue weighted by Gasteiger charge is 2.23. The third kappa shape index (κ3) is 3.92. The van der Waals surface area contributed by atoms with Gasteiger partial charge in [0.05, 0.1) is 26.2 Å². The number of ether oxygens (including phenoxy) is 2. The molecule has 0 heterocycles. The fourth-order valence-corrected chi connectivity index (χ4v) is 2.59. The fraction of sp³-hybridized carbons (Fsp3) is 0.333. The van der Waals surface area contributed by atoms with Crippen LogP contribution in [0.3, 0.4) is 0 Å². The van der Waals surface area contributed by atoms with E-state index < -0.39 is 5.97 Å². The van der Waals surface area contributed by atoms with Gasteiger partial charge in [0.1, 0.15) is 5.57 Å². The number of hydrogen-bond acceptors (Lipinski definition) is 5. The molecule has 0 bridgehead atoms. The Morgan fingerprint density at radius 2 is 2.22 bits per heavy atom. The Balaban J connectivity index is 2.38. The summed E-state index contributed by atoms with van der Waals surface area (Å²) in [5.41, 5.74) is 4.31. The van der Waals surface area contributed by atoms with Crippen molar-refractivity contribution in [3.05, 3.63) is 41.2 Å². The summed E-state index contributed by atoms with van der Waals surface area (Å²) in [6, 6.07) is 5.86. The van der Waals surface area contributed by atoms with Gasteiger partial charge in [-0.25, -0.2) is 4.79 Å². The Morgan fingerprint density at radius 3 is 2.91 bits per heavy atom. The van der Waals surface area contributed by atoms with Gasteiger partial charge in [-0.05, 0) is 29.5 Å². The Kier molecular flexibility index (Phi) is 5.81. The lowest BCUT2D eigenvalue weighted by atomic mass is 9.85. The second kappa shape index (κ2) is 8.04. The van der Waals surface area contributed by atoms with Crippen molar-refractivity contribution in [1.29, 1.82) is 0 Å². The summed E-state index contributed by atoms with van der Waals surface area (Å²) < 4.78 is 9.89. The minimum absolute atomic E-state index is 0.148. The van der Waals surface area contributed by atoms with Crippen molar-refractivity contribution in [2.75, 3.05) is 20.8 Å². The average molecular weight is 313 g/mol. The van der Waals surface area contributed by atoms with Gasteiger partial charge in [0.15, 0.2) is 6.61 Å². The van der Waals surface area contributed by atoms with Crippen LogP contribution in [0.15, 0.2) is 29.6 Å². The van der Waals surface area contributed by atoms with Gasteiger partial charge in [0.2, 0.25) is 0 Å². The van der Waals surface area contributed by atoms with E-state index in [1.165, 1.54) is 26.0 Å². The molecule has 0 aliphatic heterocycles. The number of carbonyl (C=O) groups is 1. The van der Waals surface area contributed by atoms with Crippen LogP contribution in [0.5, 0.6) is 0 Å². The monoisotopic (exact) mass is 313 g/mol. The highest BCUT2D eigenvalue weighted by molar-refractivity contribution is 6.17. The number of aryl methyl sites for hydroxylation is 1. The van der Waals surface area contributed by atoms with Crippen molar-refractivity contribution in [2.45, 2.75) is 19.3 Å².